The van der Waals surface area contributed by atoms with Gasteiger partial charge in [0.25, 0.3) is 0 Å². The molecular weight excluding hydrogens is 323 g/mol. The molecule has 2 aliphatic heterocycles. The van der Waals surface area contributed by atoms with Gasteiger partial charge in [-0.2, -0.15) is 0 Å². The summed E-state index contributed by atoms with van der Waals surface area (Å²) in [4.78, 5) is 14.8. The minimum atomic E-state index is 0. The van der Waals surface area contributed by atoms with E-state index in [4.69, 9.17) is 16.3 Å². The van der Waals surface area contributed by atoms with E-state index in [1.54, 1.807) is 0 Å². The zero-order valence-corrected chi connectivity index (χ0v) is 14.0. The molecule has 0 saturated carbocycles. The first-order valence-electron chi connectivity index (χ1n) is 7.61. The number of nitrogens with one attached hydrogen (secondary N) is 1. The number of nitrogens with zero attached hydrogens (tertiary/aromatic N) is 1. The van der Waals surface area contributed by atoms with Crippen molar-refractivity contribution < 1.29 is 9.53 Å². The zero-order chi connectivity index (χ0) is 14.7. The summed E-state index contributed by atoms with van der Waals surface area (Å²) in [6.45, 7) is 3.64. The molecule has 2 heterocycles. The molecule has 2 atom stereocenters. The molecule has 0 radical (unpaired) electrons. The number of hydrogen-bond donors (Lipinski definition) is 1. The van der Waals surface area contributed by atoms with Crippen LogP contribution >= 0.6 is 24.0 Å². The fourth-order valence-corrected chi connectivity index (χ4v) is 3.42. The monoisotopic (exact) mass is 344 g/mol. The third-order valence-electron chi connectivity index (χ3n) is 4.30. The maximum Gasteiger partial charge on any atom is 0.228 e. The molecule has 122 valence electrons. The van der Waals surface area contributed by atoms with Gasteiger partial charge in [-0.3, -0.25) is 4.79 Å². The van der Waals surface area contributed by atoms with Crippen molar-refractivity contribution in [2.75, 3.05) is 32.8 Å². The highest BCUT2D eigenvalue weighted by atomic mass is 35.5. The van der Waals surface area contributed by atoms with E-state index in [1.807, 2.05) is 29.2 Å². The van der Waals surface area contributed by atoms with Crippen LogP contribution in [0.3, 0.4) is 0 Å². The third kappa shape index (κ3) is 3.74. The van der Waals surface area contributed by atoms with Gasteiger partial charge < -0.3 is 15.0 Å². The molecule has 2 aliphatic rings. The maximum atomic E-state index is 12.8. The molecule has 0 aromatic heterocycles. The Bertz CT molecular complexity index is 507. The van der Waals surface area contributed by atoms with E-state index < -0.39 is 0 Å². The highest BCUT2D eigenvalue weighted by Gasteiger charge is 2.33. The van der Waals surface area contributed by atoms with Crippen LogP contribution in [-0.2, 0) is 9.53 Å². The molecule has 0 spiro atoms. The fourth-order valence-electron chi connectivity index (χ4n) is 3.16. The van der Waals surface area contributed by atoms with Crippen molar-refractivity contribution >= 4 is 29.9 Å². The lowest BCUT2D eigenvalue weighted by Gasteiger charge is -2.39. The van der Waals surface area contributed by atoms with E-state index in [0.29, 0.717) is 6.61 Å². The number of carbonyl (C=O) groups is 1. The van der Waals surface area contributed by atoms with E-state index in [-0.39, 0.29) is 30.3 Å². The Morgan fingerprint density at radius 3 is 2.91 bits per heavy atom. The van der Waals surface area contributed by atoms with E-state index >= 15 is 0 Å². The summed E-state index contributed by atoms with van der Waals surface area (Å²) >= 11 is 6.32. The molecule has 0 bridgehead atoms. The summed E-state index contributed by atoms with van der Waals surface area (Å²) in [7, 11) is 0. The first kappa shape index (κ1) is 17.5. The van der Waals surface area contributed by atoms with Crippen LogP contribution in [0.15, 0.2) is 24.3 Å². The predicted octanol–water partition coefficient (Wildman–Crippen LogP) is 2.66. The second-order valence-electron chi connectivity index (χ2n) is 5.69. The summed E-state index contributed by atoms with van der Waals surface area (Å²) in [6.07, 6.45) is 1.90. The molecule has 22 heavy (non-hydrogen) atoms. The smallest absolute Gasteiger partial charge is 0.228 e. The molecule has 1 aromatic rings. The molecule has 1 aromatic carbocycles. The Hall–Kier alpha value is -0.810. The fraction of sp³-hybridized carbons (Fsp3) is 0.562. The largest absolute Gasteiger partial charge is 0.381 e. The van der Waals surface area contributed by atoms with E-state index in [0.717, 1.165) is 49.7 Å². The second kappa shape index (κ2) is 8.16. The van der Waals surface area contributed by atoms with Crippen molar-refractivity contribution in [2.45, 2.75) is 18.9 Å². The molecule has 1 N–H and O–H groups in total. The van der Waals surface area contributed by atoms with Crippen molar-refractivity contribution in [1.29, 1.82) is 0 Å². The molecule has 4 nitrogen and oxygen atoms in total. The van der Waals surface area contributed by atoms with Gasteiger partial charge in [-0.25, -0.2) is 0 Å². The van der Waals surface area contributed by atoms with E-state index in [2.05, 4.69) is 5.32 Å². The van der Waals surface area contributed by atoms with Gasteiger partial charge in [0.1, 0.15) is 0 Å². The number of piperazine rings is 1. The number of ether oxygens (including phenoxy) is 1. The number of rotatable bonds is 2. The number of hydrogen-bond acceptors (Lipinski definition) is 3. The van der Waals surface area contributed by atoms with Gasteiger partial charge in [0.2, 0.25) is 5.91 Å². The van der Waals surface area contributed by atoms with Gasteiger partial charge in [0.15, 0.2) is 0 Å². The Morgan fingerprint density at radius 2 is 2.18 bits per heavy atom. The van der Waals surface area contributed by atoms with Crippen LogP contribution in [0.2, 0.25) is 5.02 Å². The van der Waals surface area contributed by atoms with Crippen molar-refractivity contribution in [3.63, 3.8) is 0 Å². The Morgan fingerprint density at radius 1 is 1.36 bits per heavy atom. The minimum absolute atomic E-state index is 0. The van der Waals surface area contributed by atoms with Crippen LogP contribution in [0.1, 0.15) is 24.4 Å². The molecule has 0 aliphatic carbocycles. The first-order chi connectivity index (χ1) is 10.3. The number of carbonyl (C=O) groups excluding carboxylic acids is 1. The van der Waals surface area contributed by atoms with E-state index in [1.165, 1.54) is 0 Å². The van der Waals surface area contributed by atoms with Crippen LogP contribution in [0.4, 0.5) is 0 Å². The minimum Gasteiger partial charge on any atom is -0.381 e. The zero-order valence-electron chi connectivity index (χ0n) is 12.5. The van der Waals surface area contributed by atoms with Crippen LogP contribution < -0.4 is 5.32 Å². The normalized spacial score (nSPS) is 25.4. The van der Waals surface area contributed by atoms with Gasteiger partial charge in [-0.05, 0) is 24.5 Å². The Balaban J connectivity index is 0.00000176. The maximum absolute atomic E-state index is 12.8. The van der Waals surface area contributed by atoms with Crippen LogP contribution in [0, 0.1) is 5.92 Å². The predicted molar refractivity (Wildman–Crippen MR) is 89.6 cm³/mol. The van der Waals surface area contributed by atoms with Gasteiger partial charge in [-0.15, -0.1) is 12.4 Å². The van der Waals surface area contributed by atoms with Crippen LogP contribution in [0.25, 0.3) is 0 Å². The molecule has 1 amide bonds. The highest BCUT2D eigenvalue weighted by Crippen LogP contribution is 2.30. The number of amides is 1. The van der Waals surface area contributed by atoms with Crippen molar-refractivity contribution in [1.82, 2.24) is 10.2 Å². The van der Waals surface area contributed by atoms with Crippen molar-refractivity contribution in [3.8, 4) is 0 Å². The van der Waals surface area contributed by atoms with Crippen molar-refractivity contribution in [3.05, 3.63) is 34.9 Å². The van der Waals surface area contributed by atoms with Crippen molar-refractivity contribution in [2.24, 2.45) is 5.92 Å². The molecule has 2 saturated heterocycles. The third-order valence-corrected chi connectivity index (χ3v) is 4.64. The first-order valence-corrected chi connectivity index (χ1v) is 7.98. The standard InChI is InChI=1S/C16H21ClN2O2.ClH/c17-14-6-2-1-5-13(14)15-10-18-7-8-19(15)16(20)12-4-3-9-21-11-12;/h1-2,5-6,12,15,18H,3-4,7-11H2;1H. The van der Waals surface area contributed by atoms with Gasteiger partial charge in [0.05, 0.1) is 18.6 Å². The molecule has 2 fully saturated rings. The lowest BCUT2D eigenvalue weighted by molar-refractivity contribution is -0.143. The average molecular weight is 345 g/mol. The molecule has 3 rings (SSSR count). The second-order valence-corrected chi connectivity index (χ2v) is 6.09. The topological polar surface area (TPSA) is 41.6 Å². The lowest BCUT2D eigenvalue weighted by Crippen LogP contribution is -2.51. The summed E-state index contributed by atoms with van der Waals surface area (Å²) in [5.41, 5.74) is 1.02. The summed E-state index contributed by atoms with van der Waals surface area (Å²) < 4.78 is 5.47. The Kier molecular flexibility index (Phi) is 6.50. The number of halogens is 2. The summed E-state index contributed by atoms with van der Waals surface area (Å²) in [5, 5.41) is 4.09. The summed E-state index contributed by atoms with van der Waals surface area (Å²) in [5.74, 6) is 0.211. The van der Waals surface area contributed by atoms with Gasteiger partial charge in [-0.1, -0.05) is 29.8 Å². The van der Waals surface area contributed by atoms with Gasteiger partial charge >= 0.3 is 0 Å². The van der Waals surface area contributed by atoms with Crippen LogP contribution in [0.5, 0.6) is 0 Å². The van der Waals surface area contributed by atoms with E-state index in [9.17, 15) is 4.79 Å². The average Bonchev–Trinajstić information content (AvgIpc) is 2.55. The quantitative estimate of drug-likeness (QED) is 0.896. The summed E-state index contributed by atoms with van der Waals surface area (Å²) in [6, 6.07) is 7.81. The molecule has 2 unspecified atom stereocenters. The lowest BCUT2D eigenvalue weighted by atomic mass is 9.97. The highest BCUT2D eigenvalue weighted by molar-refractivity contribution is 6.31. The molecular formula is C16H22Cl2N2O2. The number of benzene rings is 1. The van der Waals surface area contributed by atoms with Crippen LogP contribution in [-0.4, -0.2) is 43.7 Å². The SMILES string of the molecule is Cl.O=C(C1CCCOC1)N1CCNCC1c1ccccc1Cl. The molecule has 6 heteroatoms. The Labute approximate surface area is 142 Å². The van der Waals surface area contributed by atoms with Gasteiger partial charge in [0, 0.05) is 31.3 Å².